The second-order valence-corrected chi connectivity index (χ2v) is 7.66. The van der Waals surface area contributed by atoms with Crippen LogP contribution in [0.25, 0.3) is 11.0 Å². The standard InChI is InChI=1S/C15H12Cl2N2O4S/c1-24(20,21)19-15-11-4-2-9(6-14(11)23-18-15)8-22-10-3-5-12(16)13(17)7-10/h2-7H,8H2,1H3,(H,18,19). The van der Waals surface area contributed by atoms with Gasteiger partial charge in [0.1, 0.15) is 12.4 Å². The molecule has 0 unspecified atom stereocenters. The Hall–Kier alpha value is -1.96. The summed E-state index contributed by atoms with van der Waals surface area (Å²) in [5.74, 6) is 0.742. The van der Waals surface area contributed by atoms with Crippen LogP contribution in [0, 0.1) is 0 Å². The van der Waals surface area contributed by atoms with Crippen LogP contribution in [0.4, 0.5) is 5.82 Å². The van der Waals surface area contributed by atoms with Gasteiger partial charge in [0.25, 0.3) is 0 Å². The Morgan fingerprint density at radius 3 is 2.67 bits per heavy atom. The van der Waals surface area contributed by atoms with Crippen molar-refractivity contribution in [2.45, 2.75) is 6.61 Å². The van der Waals surface area contributed by atoms with E-state index in [1.54, 1.807) is 36.4 Å². The molecule has 0 aliphatic carbocycles. The van der Waals surface area contributed by atoms with Crippen molar-refractivity contribution in [3.63, 3.8) is 0 Å². The molecule has 0 amide bonds. The molecule has 0 aliphatic heterocycles. The van der Waals surface area contributed by atoms with Crippen molar-refractivity contribution >= 4 is 50.0 Å². The lowest BCUT2D eigenvalue weighted by Gasteiger charge is -2.07. The number of hydrogen-bond donors (Lipinski definition) is 1. The lowest BCUT2D eigenvalue weighted by molar-refractivity contribution is 0.306. The molecule has 0 fully saturated rings. The fourth-order valence-corrected chi connectivity index (χ4v) is 2.84. The second kappa shape index (κ2) is 6.51. The predicted molar refractivity (Wildman–Crippen MR) is 93.3 cm³/mol. The molecule has 24 heavy (non-hydrogen) atoms. The minimum Gasteiger partial charge on any atom is -0.489 e. The number of nitrogens with zero attached hydrogens (tertiary/aromatic N) is 1. The van der Waals surface area contributed by atoms with E-state index in [1.807, 2.05) is 0 Å². The van der Waals surface area contributed by atoms with Crippen molar-refractivity contribution in [1.82, 2.24) is 5.16 Å². The summed E-state index contributed by atoms with van der Waals surface area (Å²) in [6.07, 6.45) is 1.05. The van der Waals surface area contributed by atoms with Crippen molar-refractivity contribution < 1.29 is 17.7 Å². The molecule has 3 rings (SSSR count). The first-order valence-electron chi connectivity index (χ1n) is 6.76. The van der Waals surface area contributed by atoms with E-state index < -0.39 is 10.0 Å². The average Bonchev–Trinajstić information content (AvgIpc) is 2.89. The molecule has 1 heterocycles. The Morgan fingerprint density at radius 1 is 1.17 bits per heavy atom. The smallest absolute Gasteiger partial charge is 0.231 e. The predicted octanol–water partition coefficient (Wildman–Crippen LogP) is 4.09. The number of halogens is 2. The number of rotatable bonds is 5. The van der Waals surface area contributed by atoms with E-state index in [2.05, 4.69) is 9.88 Å². The molecule has 2 aromatic carbocycles. The third kappa shape index (κ3) is 3.92. The van der Waals surface area contributed by atoms with Crippen LogP contribution in [0.5, 0.6) is 5.75 Å². The van der Waals surface area contributed by atoms with Gasteiger partial charge in [-0.15, -0.1) is 0 Å². The van der Waals surface area contributed by atoms with Gasteiger partial charge in [0.2, 0.25) is 10.0 Å². The van der Waals surface area contributed by atoms with Crippen LogP contribution < -0.4 is 9.46 Å². The van der Waals surface area contributed by atoms with E-state index in [0.717, 1.165) is 11.8 Å². The van der Waals surface area contributed by atoms with E-state index in [9.17, 15) is 8.42 Å². The molecule has 0 spiro atoms. The first-order valence-corrected chi connectivity index (χ1v) is 9.40. The summed E-state index contributed by atoms with van der Waals surface area (Å²) in [7, 11) is -3.42. The molecule has 0 bridgehead atoms. The van der Waals surface area contributed by atoms with E-state index in [4.69, 9.17) is 32.5 Å². The molecule has 0 saturated heterocycles. The highest BCUT2D eigenvalue weighted by Gasteiger charge is 2.12. The number of ether oxygens (including phenoxy) is 1. The summed E-state index contributed by atoms with van der Waals surface area (Å²) in [6.45, 7) is 0.281. The van der Waals surface area contributed by atoms with Gasteiger partial charge < -0.3 is 9.26 Å². The highest BCUT2D eigenvalue weighted by molar-refractivity contribution is 7.92. The van der Waals surface area contributed by atoms with Crippen molar-refractivity contribution in [3.8, 4) is 5.75 Å². The number of hydrogen-bond acceptors (Lipinski definition) is 5. The van der Waals surface area contributed by atoms with Crippen molar-refractivity contribution in [2.24, 2.45) is 0 Å². The normalized spacial score (nSPS) is 11.6. The average molecular weight is 387 g/mol. The third-order valence-corrected chi connectivity index (χ3v) is 4.42. The minimum atomic E-state index is -3.42. The molecule has 6 nitrogen and oxygen atoms in total. The summed E-state index contributed by atoms with van der Waals surface area (Å²) in [5.41, 5.74) is 1.28. The highest BCUT2D eigenvalue weighted by atomic mass is 35.5. The number of benzene rings is 2. The molecule has 1 aromatic heterocycles. The van der Waals surface area contributed by atoms with Crippen LogP contribution in [0.1, 0.15) is 5.56 Å². The maximum Gasteiger partial charge on any atom is 0.231 e. The molecule has 0 atom stereocenters. The van der Waals surface area contributed by atoms with Gasteiger partial charge in [0.15, 0.2) is 11.4 Å². The SMILES string of the molecule is CS(=O)(=O)Nc1noc2cc(COc3ccc(Cl)c(Cl)c3)ccc12. The molecule has 0 aliphatic rings. The first-order chi connectivity index (χ1) is 11.3. The molecule has 9 heteroatoms. The molecule has 1 N–H and O–H groups in total. The van der Waals surface area contributed by atoms with E-state index in [1.165, 1.54) is 0 Å². The van der Waals surface area contributed by atoms with E-state index in [-0.39, 0.29) is 12.4 Å². The van der Waals surface area contributed by atoms with Crippen LogP contribution in [-0.4, -0.2) is 19.8 Å². The van der Waals surface area contributed by atoms with Gasteiger partial charge in [-0.25, -0.2) is 8.42 Å². The maximum absolute atomic E-state index is 11.3. The minimum absolute atomic E-state index is 0.157. The number of sulfonamides is 1. The monoisotopic (exact) mass is 386 g/mol. The molecule has 3 aromatic rings. The van der Waals surface area contributed by atoms with Crippen LogP contribution in [0.3, 0.4) is 0 Å². The van der Waals surface area contributed by atoms with Gasteiger partial charge in [-0.1, -0.05) is 34.4 Å². The quantitative estimate of drug-likeness (QED) is 0.713. The summed E-state index contributed by atoms with van der Waals surface area (Å²) in [4.78, 5) is 0. The molecule has 0 saturated carbocycles. The van der Waals surface area contributed by atoms with Crippen molar-refractivity contribution in [2.75, 3.05) is 11.0 Å². The van der Waals surface area contributed by atoms with Gasteiger partial charge in [-0.05, 0) is 29.8 Å². The van der Waals surface area contributed by atoms with Crippen LogP contribution in [0.2, 0.25) is 10.0 Å². The number of fused-ring (bicyclic) bond motifs is 1. The Morgan fingerprint density at radius 2 is 1.96 bits per heavy atom. The van der Waals surface area contributed by atoms with Gasteiger partial charge in [-0.3, -0.25) is 4.72 Å². The maximum atomic E-state index is 11.3. The topological polar surface area (TPSA) is 81.4 Å². The van der Waals surface area contributed by atoms with E-state index in [0.29, 0.717) is 26.8 Å². The van der Waals surface area contributed by atoms with Gasteiger partial charge in [0.05, 0.1) is 21.7 Å². The zero-order valence-corrected chi connectivity index (χ0v) is 14.7. The number of aromatic nitrogens is 1. The molecular formula is C15H12Cl2N2O4S. The lowest BCUT2D eigenvalue weighted by atomic mass is 10.2. The number of nitrogens with one attached hydrogen (secondary N) is 1. The Kier molecular flexibility index (Phi) is 4.58. The van der Waals surface area contributed by atoms with E-state index >= 15 is 0 Å². The summed E-state index contributed by atoms with van der Waals surface area (Å²) >= 11 is 11.8. The fraction of sp³-hybridized carbons (Fsp3) is 0.133. The van der Waals surface area contributed by atoms with Gasteiger partial charge in [0, 0.05) is 6.07 Å². The van der Waals surface area contributed by atoms with Gasteiger partial charge >= 0.3 is 0 Å². The molecule has 126 valence electrons. The largest absolute Gasteiger partial charge is 0.489 e. The van der Waals surface area contributed by atoms with Gasteiger partial charge in [-0.2, -0.15) is 0 Å². The third-order valence-electron chi connectivity index (χ3n) is 3.12. The van der Waals surface area contributed by atoms with Crippen molar-refractivity contribution in [1.29, 1.82) is 0 Å². The fourth-order valence-electron chi connectivity index (χ4n) is 2.05. The zero-order valence-electron chi connectivity index (χ0n) is 12.4. The molecular weight excluding hydrogens is 375 g/mol. The molecule has 0 radical (unpaired) electrons. The Balaban J connectivity index is 1.77. The number of anilines is 1. The van der Waals surface area contributed by atoms with Crippen molar-refractivity contribution in [3.05, 3.63) is 52.0 Å². The Bertz CT molecular complexity index is 1000. The summed E-state index contributed by atoms with van der Waals surface area (Å²) < 4.78 is 35.7. The zero-order chi connectivity index (χ0) is 17.3. The lowest BCUT2D eigenvalue weighted by Crippen LogP contribution is -2.09. The van der Waals surface area contributed by atoms with Crippen LogP contribution in [-0.2, 0) is 16.6 Å². The summed E-state index contributed by atoms with van der Waals surface area (Å²) in [6, 6.07) is 10.2. The second-order valence-electron chi connectivity index (χ2n) is 5.10. The van der Waals surface area contributed by atoms with Crippen LogP contribution in [0.15, 0.2) is 40.9 Å². The highest BCUT2D eigenvalue weighted by Crippen LogP contribution is 2.28. The Labute approximate surface area is 148 Å². The summed E-state index contributed by atoms with van der Waals surface area (Å²) in [5, 5.41) is 5.16. The first kappa shape index (κ1) is 16.9. The van der Waals surface area contributed by atoms with Crippen LogP contribution >= 0.6 is 23.2 Å².